The number of amides is 1. The van der Waals surface area contributed by atoms with E-state index >= 15 is 0 Å². The summed E-state index contributed by atoms with van der Waals surface area (Å²) in [5.41, 5.74) is 1.63. The number of rotatable bonds is 5. The zero-order chi connectivity index (χ0) is 16.2. The van der Waals surface area contributed by atoms with Crippen molar-refractivity contribution in [2.75, 3.05) is 20.4 Å². The fourth-order valence-electron chi connectivity index (χ4n) is 2.45. The molecular weight excluding hydrogens is 294 g/mol. The van der Waals surface area contributed by atoms with Crippen LogP contribution in [0.1, 0.15) is 22.8 Å². The summed E-state index contributed by atoms with van der Waals surface area (Å²) < 4.78 is 16.0. The zero-order valence-electron chi connectivity index (χ0n) is 13.2. The molecule has 2 aromatic carbocycles. The molecule has 2 aromatic rings. The third kappa shape index (κ3) is 3.39. The molecule has 0 saturated heterocycles. The minimum atomic E-state index is -0.0582. The molecule has 0 unspecified atom stereocenters. The first-order valence-corrected chi connectivity index (χ1v) is 7.54. The van der Waals surface area contributed by atoms with E-state index in [-0.39, 0.29) is 12.7 Å². The van der Waals surface area contributed by atoms with E-state index in [1.807, 2.05) is 31.2 Å². The van der Waals surface area contributed by atoms with Crippen molar-refractivity contribution in [2.24, 2.45) is 0 Å². The lowest BCUT2D eigenvalue weighted by Gasteiger charge is -2.18. The first-order chi connectivity index (χ1) is 11.2. The van der Waals surface area contributed by atoms with Crippen molar-refractivity contribution in [1.29, 1.82) is 0 Å². The van der Waals surface area contributed by atoms with Crippen LogP contribution in [0.4, 0.5) is 0 Å². The van der Waals surface area contributed by atoms with E-state index in [9.17, 15) is 4.79 Å². The summed E-state index contributed by atoms with van der Waals surface area (Å²) in [4.78, 5) is 14.2. The first-order valence-electron chi connectivity index (χ1n) is 7.54. The number of nitrogens with zero attached hydrogens (tertiary/aromatic N) is 1. The van der Waals surface area contributed by atoms with Crippen molar-refractivity contribution in [2.45, 2.75) is 13.5 Å². The average molecular weight is 313 g/mol. The van der Waals surface area contributed by atoms with Gasteiger partial charge >= 0.3 is 0 Å². The van der Waals surface area contributed by atoms with Crippen molar-refractivity contribution in [3.8, 4) is 17.2 Å². The van der Waals surface area contributed by atoms with Crippen molar-refractivity contribution in [3.63, 3.8) is 0 Å². The molecule has 1 heterocycles. The van der Waals surface area contributed by atoms with Gasteiger partial charge in [-0.25, -0.2) is 0 Å². The van der Waals surface area contributed by atoms with Gasteiger partial charge in [0, 0.05) is 19.2 Å². The summed E-state index contributed by atoms with van der Waals surface area (Å²) in [6, 6.07) is 13.0. The molecule has 0 fully saturated rings. The molecule has 120 valence electrons. The standard InChI is InChI=1S/C18H19NO4/c1-3-21-15-7-4-13(5-8-15)11-19(2)18(20)14-6-9-16-17(10-14)23-12-22-16/h4-10H,3,11-12H2,1-2H3. The molecule has 0 aromatic heterocycles. The van der Waals surface area contributed by atoms with Crippen LogP contribution in [0.25, 0.3) is 0 Å². The highest BCUT2D eigenvalue weighted by Gasteiger charge is 2.18. The Morgan fingerprint density at radius 2 is 1.87 bits per heavy atom. The van der Waals surface area contributed by atoms with E-state index in [2.05, 4.69) is 0 Å². The molecule has 3 rings (SSSR count). The highest BCUT2D eigenvalue weighted by atomic mass is 16.7. The lowest BCUT2D eigenvalue weighted by molar-refractivity contribution is 0.0784. The second kappa shape index (κ2) is 6.60. The van der Waals surface area contributed by atoms with Gasteiger partial charge in [-0.2, -0.15) is 0 Å². The molecule has 0 aliphatic carbocycles. The quantitative estimate of drug-likeness (QED) is 0.851. The summed E-state index contributed by atoms with van der Waals surface area (Å²) in [5, 5.41) is 0. The van der Waals surface area contributed by atoms with E-state index in [0.717, 1.165) is 11.3 Å². The number of hydrogen-bond acceptors (Lipinski definition) is 4. The molecule has 0 saturated carbocycles. The summed E-state index contributed by atoms with van der Waals surface area (Å²) in [7, 11) is 1.78. The summed E-state index contributed by atoms with van der Waals surface area (Å²) in [6.07, 6.45) is 0. The number of carbonyl (C=O) groups excluding carboxylic acids is 1. The second-order valence-corrected chi connectivity index (χ2v) is 5.31. The Kier molecular flexibility index (Phi) is 4.37. The smallest absolute Gasteiger partial charge is 0.254 e. The Morgan fingerprint density at radius 3 is 2.61 bits per heavy atom. The van der Waals surface area contributed by atoms with Gasteiger partial charge in [-0.3, -0.25) is 4.79 Å². The number of benzene rings is 2. The first kappa shape index (κ1) is 15.2. The SMILES string of the molecule is CCOc1ccc(CN(C)C(=O)c2ccc3c(c2)OCO3)cc1. The van der Waals surface area contributed by atoms with Crippen LogP contribution in [0.15, 0.2) is 42.5 Å². The van der Waals surface area contributed by atoms with Crippen LogP contribution in [-0.4, -0.2) is 31.3 Å². The van der Waals surface area contributed by atoms with Gasteiger partial charge < -0.3 is 19.1 Å². The van der Waals surface area contributed by atoms with Gasteiger partial charge in [0.1, 0.15) is 5.75 Å². The largest absolute Gasteiger partial charge is 0.494 e. The maximum atomic E-state index is 12.5. The van der Waals surface area contributed by atoms with Gasteiger partial charge in [-0.05, 0) is 42.8 Å². The molecule has 1 aliphatic heterocycles. The highest BCUT2D eigenvalue weighted by Crippen LogP contribution is 2.32. The highest BCUT2D eigenvalue weighted by molar-refractivity contribution is 5.94. The fraction of sp³-hybridized carbons (Fsp3) is 0.278. The predicted octanol–water partition coefficient (Wildman–Crippen LogP) is 3.09. The van der Waals surface area contributed by atoms with Gasteiger partial charge in [-0.15, -0.1) is 0 Å². The van der Waals surface area contributed by atoms with E-state index in [4.69, 9.17) is 14.2 Å². The van der Waals surface area contributed by atoms with Gasteiger partial charge in [0.2, 0.25) is 6.79 Å². The maximum Gasteiger partial charge on any atom is 0.254 e. The van der Waals surface area contributed by atoms with Crippen LogP contribution in [-0.2, 0) is 6.54 Å². The molecule has 0 atom stereocenters. The topological polar surface area (TPSA) is 48.0 Å². The molecule has 0 radical (unpaired) electrons. The number of carbonyl (C=O) groups is 1. The van der Waals surface area contributed by atoms with E-state index in [0.29, 0.717) is 30.2 Å². The Hall–Kier alpha value is -2.69. The number of hydrogen-bond donors (Lipinski definition) is 0. The molecule has 0 bridgehead atoms. The molecular formula is C18H19NO4. The minimum absolute atomic E-state index is 0.0582. The third-order valence-electron chi connectivity index (χ3n) is 3.62. The Labute approximate surface area is 135 Å². The summed E-state index contributed by atoms with van der Waals surface area (Å²) in [6.45, 7) is 3.32. The normalized spacial score (nSPS) is 12.1. The van der Waals surface area contributed by atoms with E-state index < -0.39 is 0 Å². The van der Waals surface area contributed by atoms with Crippen molar-refractivity contribution in [1.82, 2.24) is 4.90 Å². The predicted molar refractivity (Wildman–Crippen MR) is 86.0 cm³/mol. The fourth-order valence-corrected chi connectivity index (χ4v) is 2.45. The third-order valence-corrected chi connectivity index (χ3v) is 3.62. The molecule has 0 N–H and O–H groups in total. The lowest BCUT2D eigenvalue weighted by Crippen LogP contribution is -2.26. The Bertz CT molecular complexity index is 697. The molecule has 1 amide bonds. The molecule has 5 nitrogen and oxygen atoms in total. The molecule has 0 spiro atoms. The van der Waals surface area contributed by atoms with Crippen LogP contribution in [0.5, 0.6) is 17.2 Å². The minimum Gasteiger partial charge on any atom is -0.494 e. The second-order valence-electron chi connectivity index (χ2n) is 5.31. The summed E-state index contributed by atoms with van der Waals surface area (Å²) in [5.74, 6) is 2.07. The summed E-state index contributed by atoms with van der Waals surface area (Å²) >= 11 is 0. The van der Waals surface area contributed by atoms with Crippen molar-refractivity contribution in [3.05, 3.63) is 53.6 Å². The van der Waals surface area contributed by atoms with Crippen molar-refractivity contribution < 1.29 is 19.0 Å². The lowest BCUT2D eigenvalue weighted by atomic mass is 10.1. The monoisotopic (exact) mass is 313 g/mol. The Balaban J connectivity index is 1.67. The number of fused-ring (bicyclic) bond motifs is 1. The van der Waals surface area contributed by atoms with Crippen LogP contribution in [0.2, 0.25) is 0 Å². The van der Waals surface area contributed by atoms with Crippen LogP contribution in [0.3, 0.4) is 0 Å². The average Bonchev–Trinajstić information content (AvgIpc) is 3.03. The van der Waals surface area contributed by atoms with Gasteiger partial charge in [0.15, 0.2) is 11.5 Å². The van der Waals surface area contributed by atoms with Gasteiger partial charge in [0.05, 0.1) is 6.61 Å². The maximum absolute atomic E-state index is 12.5. The molecule has 1 aliphatic rings. The van der Waals surface area contributed by atoms with Crippen molar-refractivity contribution >= 4 is 5.91 Å². The molecule has 23 heavy (non-hydrogen) atoms. The Morgan fingerprint density at radius 1 is 1.13 bits per heavy atom. The molecule has 5 heteroatoms. The van der Waals surface area contributed by atoms with E-state index in [1.54, 1.807) is 30.1 Å². The van der Waals surface area contributed by atoms with Gasteiger partial charge in [-0.1, -0.05) is 12.1 Å². The van der Waals surface area contributed by atoms with Crippen LogP contribution < -0.4 is 14.2 Å². The van der Waals surface area contributed by atoms with Crippen LogP contribution in [0, 0.1) is 0 Å². The number of ether oxygens (including phenoxy) is 3. The van der Waals surface area contributed by atoms with Gasteiger partial charge in [0.25, 0.3) is 5.91 Å². The van der Waals surface area contributed by atoms with E-state index in [1.165, 1.54) is 0 Å². The van der Waals surface area contributed by atoms with Crippen LogP contribution >= 0.6 is 0 Å². The zero-order valence-corrected chi connectivity index (χ0v) is 13.2.